The van der Waals surface area contributed by atoms with E-state index in [-0.39, 0.29) is 5.97 Å². The fourth-order valence-electron chi connectivity index (χ4n) is 2.32. The van der Waals surface area contributed by atoms with Crippen LogP contribution >= 0.6 is 11.3 Å². The van der Waals surface area contributed by atoms with E-state index < -0.39 is 6.29 Å². The lowest BCUT2D eigenvalue weighted by Crippen LogP contribution is -2.03. The summed E-state index contributed by atoms with van der Waals surface area (Å²) in [5.74, 6) is -0.327. The summed E-state index contributed by atoms with van der Waals surface area (Å²) in [4.78, 5) is 16.4. The molecule has 0 aliphatic rings. The van der Waals surface area contributed by atoms with E-state index in [0.717, 1.165) is 20.8 Å². The number of aromatic nitrogens is 1. The minimum absolute atomic E-state index is 0.327. The molecule has 0 radical (unpaired) electrons. The topological polar surface area (TPSA) is 68.7 Å². The number of fused-ring (bicyclic) bond motifs is 1. The summed E-state index contributed by atoms with van der Waals surface area (Å²) in [5.41, 5.74) is 3.00. The molecule has 1 unspecified atom stereocenters. The zero-order valence-corrected chi connectivity index (χ0v) is 14.2. The first kappa shape index (κ1) is 16.6. The Kier molecular flexibility index (Phi) is 4.89. The van der Waals surface area contributed by atoms with Gasteiger partial charge in [0.2, 0.25) is 0 Å². The van der Waals surface area contributed by atoms with Gasteiger partial charge in [0.15, 0.2) is 6.29 Å². The molecule has 1 N–H and O–H groups in total. The van der Waals surface area contributed by atoms with Crippen LogP contribution in [-0.4, -0.2) is 29.8 Å². The molecule has 3 aromatic rings. The highest BCUT2D eigenvalue weighted by Crippen LogP contribution is 2.31. The lowest BCUT2D eigenvalue weighted by Gasteiger charge is -2.08. The van der Waals surface area contributed by atoms with Gasteiger partial charge in [0, 0.05) is 18.2 Å². The number of aliphatic hydroxyl groups excluding tert-OH is 1. The number of thiazole rings is 1. The van der Waals surface area contributed by atoms with Crippen molar-refractivity contribution in [3.05, 3.63) is 53.6 Å². The lowest BCUT2D eigenvalue weighted by molar-refractivity contribution is -0.0769. The van der Waals surface area contributed by atoms with Gasteiger partial charge in [-0.15, -0.1) is 11.3 Å². The summed E-state index contributed by atoms with van der Waals surface area (Å²) in [6, 6.07) is 12.7. The van der Waals surface area contributed by atoms with Crippen molar-refractivity contribution >= 4 is 27.5 Å². The van der Waals surface area contributed by atoms with Gasteiger partial charge in [-0.05, 0) is 25.1 Å². The van der Waals surface area contributed by atoms with Crippen LogP contribution in [0.5, 0.6) is 0 Å². The summed E-state index contributed by atoms with van der Waals surface area (Å²) >= 11 is 1.51. The van der Waals surface area contributed by atoms with Gasteiger partial charge in [0.25, 0.3) is 0 Å². The molecular weight excluding hydrogens is 326 g/mol. The minimum Gasteiger partial charge on any atom is -0.462 e. The summed E-state index contributed by atoms with van der Waals surface area (Å²) in [6.45, 7) is 2.13. The zero-order valence-electron chi connectivity index (χ0n) is 13.4. The van der Waals surface area contributed by atoms with Crippen LogP contribution in [0.4, 0.5) is 0 Å². The second kappa shape index (κ2) is 7.09. The first-order valence-electron chi connectivity index (χ1n) is 7.51. The average molecular weight is 343 g/mol. The van der Waals surface area contributed by atoms with E-state index >= 15 is 0 Å². The number of methoxy groups -OCH3 is 1. The highest BCUT2D eigenvalue weighted by Gasteiger charge is 2.12. The molecule has 5 nitrogen and oxygen atoms in total. The number of aliphatic hydroxyl groups is 1. The lowest BCUT2D eigenvalue weighted by atomic mass is 10.1. The van der Waals surface area contributed by atoms with Crippen molar-refractivity contribution in [3.8, 4) is 10.6 Å². The standard InChI is InChI=1S/C18H17NO4S/c1-3-23-18(21)13-8-9-14-15(10-13)24-16(19-14)11-4-6-12(7-5-11)17(20)22-2/h4-10,17,20H,3H2,1-2H3. The first-order chi connectivity index (χ1) is 11.6. The van der Waals surface area contributed by atoms with E-state index in [1.165, 1.54) is 18.4 Å². The molecule has 0 aliphatic carbocycles. The number of benzene rings is 2. The van der Waals surface area contributed by atoms with E-state index in [2.05, 4.69) is 4.98 Å². The smallest absolute Gasteiger partial charge is 0.338 e. The maximum Gasteiger partial charge on any atom is 0.338 e. The Balaban J connectivity index is 1.91. The molecule has 6 heteroatoms. The second-order valence-corrected chi connectivity index (χ2v) is 6.16. The van der Waals surface area contributed by atoms with Crippen molar-refractivity contribution in [3.63, 3.8) is 0 Å². The molecule has 0 aliphatic heterocycles. The summed E-state index contributed by atoms with van der Waals surface area (Å²) in [6.07, 6.45) is -0.929. The quantitative estimate of drug-likeness (QED) is 0.564. The normalized spacial score (nSPS) is 12.3. The molecule has 1 aromatic heterocycles. The SMILES string of the molecule is CCOC(=O)c1ccc2nc(-c3ccc(C(O)OC)cc3)sc2c1. The molecule has 124 valence electrons. The minimum atomic E-state index is -0.929. The van der Waals surface area contributed by atoms with Gasteiger partial charge in [0.1, 0.15) is 5.01 Å². The molecule has 0 bridgehead atoms. The number of carbonyl (C=O) groups is 1. The molecule has 0 saturated heterocycles. The van der Waals surface area contributed by atoms with Gasteiger partial charge in [-0.2, -0.15) is 0 Å². The molecule has 24 heavy (non-hydrogen) atoms. The van der Waals surface area contributed by atoms with Crippen molar-refractivity contribution in [2.45, 2.75) is 13.2 Å². The van der Waals surface area contributed by atoms with Crippen LogP contribution in [0.15, 0.2) is 42.5 Å². The molecule has 0 spiro atoms. The fourth-order valence-corrected chi connectivity index (χ4v) is 3.33. The van der Waals surface area contributed by atoms with Crippen LogP contribution in [0.1, 0.15) is 29.1 Å². The van der Waals surface area contributed by atoms with Crippen LogP contribution in [0.25, 0.3) is 20.8 Å². The number of ether oxygens (including phenoxy) is 2. The van der Waals surface area contributed by atoms with E-state index in [9.17, 15) is 9.90 Å². The Morgan fingerprint density at radius 1 is 1.25 bits per heavy atom. The van der Waals surface area contributed by atoms with Gasteiger partial charge in [0.05, 0.1) is 22.4 Å². The third-order valence-corrected chi connectivity index (χ3v) is 4.63. The van der Waals surface area contributed by atoms with Gasteiger partial charge in [-0.25, -0.2) is 9.78 Å². The summed E-state index contributed by atoms with van der Waals surface area (Å²) in [5, 5.41) is 10.5. The fraction of sp³-hybridized carbons (Fsp3) is 0.222. The molecule has 0 saturated carbocycles. The van der Waals surface area contributed by atoms with E-state index in [1.807, 2.05) is 18.2 Å². The van der Waals surface area contributed by atoms with Crippen LogP contribution in [0, 0.1) is 0 Å². The van der Waals surface area contributed by atoms with Gasteiger partial charge in [-0.1, -0.05) is 24.3 Å². The summed E-state index contributed by atoms with van der Waals surface area (Å²) < 4.78 is 10.8. The van der Waals surface area contributed by atoms with Crippen molar-refractivity contribution < 1.29 is 19.4 Å². The number of hydrogen-bond acceptors (Lipinski definition) is 6. The van der Waals surface area contributed by atoms with Gasteiger partial charge >= 0.3 is 5.97 Å². The Hall–Kier alpha value is -2.28. The van der Waals surface area contributed by atoms with Crippen molar-refractivity contribution in [2.75, 3.05) is 13.7 Å². The van der Waals surface area contributed by atoms with Gasteiger partial charge in [-0.3, -0.25) is 0 Å². The maximum absolute atomic E-state index is 11.8. The number of nitrogens with zero attached hydrogens (tertiary/aromatic N) is 1. The second-order valence-electron chi connectivity index (χ2n) is 5.13. The van der Waals surface area contributed by atoms with Crippen LogP contribution < -0.4 is 0 Å². The van der Waals surface area contributed by atoms with Crippen LogP contribution in [0.2, 0.25) is 0 Å². The number of carbonyl (C=O) groups excluding carboxylic acids is 1. The molecule has 2 aromatic carbocycles. The van der Waals surface area contributed by atoms with E-state index in [4.69, 9.17) is 9.47 Å². The number of hydrogen-bond donors (Lipinski definition) is 1. The third-order valence-electron chi connectivity index (χ3n) is 3.57. The van der Waals surface area contributed by atoms with Gasteiger partial charge < -0.3 is 14.6 Å². The first-order valence-corrected chi connectivity index (χ1v) is 8.33. The average Bonchev–Trinajstić information content (AvgIpc) is 3.04. The molecule has 3 rings (SSSR count). The largest absolute Gasteiger partial charge is 0.462 e. The monoisotopic (exact) mass is 343 g/mol. The maximum atomic E-state index is 11.8. The zero-order chi connectivity index (χ0) is 17.1. The molecule has 0 fully saturated rings. The Labute approximate surface area is 143 Å². The van der Waals surface area contributed by atoms with Crippen molar-refractivity contribution in [2.24, 2.45) is 0 Å². The van der Waals surface area contributed by atoms with Crippen molar-refractivity contribution in [1.82, 2.24) is 4.98 Å². The van der Waals surface area contributed by atoms with E-state index in [1.54, 1.807) is 31.2 Å². The third kappa shape index (κ3) is 3.31. The number of rotatable bonds is 5. The number of esters is 1. The Morgan fingerprint density at radius 2 is 2.00 bits per heavy atom. The molecule has 1 heterocycles. The van der Waals surface area contributed by atoms with Crippen LogP contribution in [0.3, 0.4) is 0 Å². The predicted octanol–water partition coefficient (Wildman–Crippen LogP) is 3.78. The Morgan fingerprint density at radius 3 is 2.67 bits per heavy atom. The molecular formula is C18H17NO4S. The van der Waals surface area contributed by atoms with Crippen LogP contribution in [-0.2, 0) is 9.47 Å². The summed E-state index contributed by atoms with van der Waals surface area (Å²) in [7, 11) is 1.45. The molecule has 0 amide bonds. The van der Waals surface area contributed by atoms with Crippen molar-refractivity contribution in [1.29, 1.82) is 0 Å². The highest BCUT2D eigenvalue weighted by atomic mass is 32.1. The molecule has 1 atom stereocenters. The van der Waals surface area contributed by atoms with E-state index in [0.29, 0.717) is 17.7 Å². The highest BCUT2D eigenvalue weighted by molar-refractivity contribution is 7.21. The Bertz CT molecular complexity index is 857. The predicted molar refractivity (Wildman–Crippen MR) is 93.0 cm³/mol.